The molecule has 1 N–H and O–H groups in total. The van der Waals surface area contributed by atoms with Crippen LogP contribution in [0.25, 0.3) is 11.4 Å². The summed E-state index contributed by atoms with van der Waals surface area (Å²) in [7, 11) is 1.64. The summed E-state index contributed by atoms with van der Waals surface area (Å²) in [5.41, 5.74) is 0.959. The molecule has 4 heteroatoms. The molecule has 1 aromatic carbocycles. The molecule has 0 unspecified atom stereocenters. The molecule has 15 heavy (non-hydrogen) atoms. The van der Waals surface area contributed by atoms with Gasteiger partial charge in [0, 0.05) is 11.8 Å². The van der Waals surface area contributed by atoms with Crippen LogP contribution in [0.1, 0.15) is 0 Å². The van der Waals surface area contributed by atoms with Gasteiger partial charge in [0.05, 0.1) is 7.11 Å². The van der Waals surface area contributed by atoms with Gasteiger partial charge in [0.2, 0.25) is 0 Å². The molecule has 3 nitrogen and oxygen atoms in total. The van der Waals surface area contributed by atoms with E-state index in [4.69, 9.17) is 17.0 Å². The lowest BCUT2D eigenvalue weighted by Gasteiger charge is -2.03. The third kappa shape index (κ3) is 2.22. The maximum absolute atomic E-state index is 5.14. The number of methoxy groups -OCH3 is 1. The summed E-state index contributed by atoms with van der Waals surface area (Å²) in [4.78, 5) is 7.23. The molecule has 0 amide bonds. The molecule has 0 aliphatic heterocycles. The van der Waals surface area contributed by atoms with E-state index in [0.717, 1.165) is 17.1 Å². The van der Waals surface area contributed by atoms with Crippen molar-refractivity contribution in [3.8, 4) is 17.1 Å². The zero-order chi connectivity index (χ0) is 10.7. The maximum Gasteiger partial charge on any atom is 0.138 e. The summed E-state index contributed by atoms with van der Waals surface area (Å²) in [5.74, 6) is 1.55. The Morgan fingerprint density at radius 3 is 2.93 bits per heavy atom. The number of ether oxygens (including phenoxy) is 1. The average Bonchev–Trinajstić information content (AvgIpc) is 2.29. The van der Waals surface area contributed by atoms with Crippen molar-refractivity contribution >= 4 is 12.2 Å². The molecule has 0 bridgehead atoms. The van der Waals surface area contributed by atoms with Crippen LogP contribution in [-0.4, -0.2) is 17.1 Å². The van der Waals surface area contributed by atoms with Crippen molar-refractivity contribution in [2.24, 2.45) is 0 Å². The molecule has 0 aliphatic carbocycles. The van der Waals surface area contributed by atoms with Crippen molar-refractivity contribution in [1.29, 1.82) is 0 Å². The van der Waals surface area contributed by atoms with E-state index in [1.54, 1.807) is 19.4 Å². The summed E-state index contributed by atoms with van der Waals surface area (Å²) < 4.78 is 5.81. The molecule has 0 spiro atoms. The number of hydrogen-bond acceptors (Lipinski definition) is 3. The van der Waals surface area contributed by atoms with Crippen molar-refractivity contribution in [2.45, 2.75) is 0 Å². The Labute approximate surface area is 92.8 Å². The molecule has 2 rings (SSSR count). The number of nitrogens with one attached hydrogen (secondary N) is 1. The molecule has 0 saturated heterocycles. The highest BCUT2D eigenvalue weighted by atomic mass is 32.1. The van der Waals surface area contributed by atoms with Crippen molar-refractivity contribution in [3.63, 3.8) is 0 Å². The second kappa shape index (κ2) is 4.23. The third-order valence-electron chi connectivity index (χ3n) is 2.01. The minimum atomic E-state index is 0.669. The number of nitrogens with zero attached hydrogens (tertiary/aromatic N) is 1. The summed E-state index contributed by atoms with van der Waals surface area (Å²) in [6.07, 6.45) is 1.69. The fourth-order valence-corrected chi connectivity index (χ4v) is 1.44. The topological polar surface area (TPSA) is 37.9 Å². The van der Waals surface area contributed by atoms with Gasteiger partial charge in [-0.2, -0.15) is 0 Å². The van der Waals surface area contributed by atoms with Crippen molar-refractivity contribution in [3.05, 3.63) is 41.2 Å². The van der Waals surface area contributed by atoms with Crippen LogP contribution < -0.4 is 4.74 Å². The van der Waals surface area contributed by atoms with Crippen molar-refractivity contribution in [2.75, 3.05) is 7.11 Å². The second-order valence-electron chi connectivity index (χ2n) is 3.01. The standard InChI is InChI=1S/C11H10N2OS/c1-14-9-4-2-3-8(7-9)11-12-6-5-10(15)13-11/h2-7H,1H3,(H,12,13,15). The van der Waals surface area contributed by atoms with Crippen LogP contribution in [0.4, 0.5) is 0 Å². The molecule has 0 fully saturated rings. The molecular formula is C11H10N2OS. The van der Waals surface area contributed by atoms with Gasteiger partial charge in [-0.1, -0.05) is 24.4 Å². The van der Waals surface area contributed by atoms with Crippen LogP contribution in [-0.2, 0) is 0 Å². The van der Waals surface area contributed by atoms with Crippen LogP contribution in [0.15, 0.2) is 36.5 Å². The molecule has 0 aliphatic rings. The Morgan fingerprint density at radius 1 is 1.33 bits per heavy atom. The van der Waals surface area contributed by atoms with Crippen LogP contribution in [0, 0.1) is 4.64 Å². The Balaban J connectivity index is 2.49. The van der Waals surface area contributed by atoms with E-state index in [1.165, 1.54) is 0 Å². The average molecular weight is 218 g/mol. The highest BCUT2D eigenvalue weighted by Gasteiger charge is 2.00. The minimum absolute atomic E-state index is 0.669. The molecule has 0 atom stereocenters. The summed E-state index contributed by atoms with van der Waals surface area (Å²) >= 11 is 5.03. The first kappa shape index (κ1) is 9.86. The monoisotopic (exact) mass is 218 g/mol. The molecule has 1 aromatic heterocycles. The summed E-state index contributed by atoms with van der Waals surface area (Å²) in [6, 6.07) is 9.42. The minimum Gasteiger partial charge on any atom is -0.497 e. The van der Waals surface area contributed by atoms with Crippen molar-refractivity contribution in [1.82, 2.24) is 9.97 Å². The van der Waals surface area contributed by atoms with E-state index in [2.05, 4.69) is 9.97 Å². The van der Waals surface area contributed by atoms with Crippen LogP contribution in [0.5, 0.6) is 5.75 Å². The fourth-order valence-electron chi connectivity index (χ4n) is 1.29. The lowest BCUT2D eigenvalue weighted by Crippen LogP contribution is -1.89. The largest absolute Gasteiger partial charge is 0.497 e. The molecular weight excluding hydrogens is 208 g/mol. The van der Waals surface area contributed by atoms with Gasteiger partial charge < -0.3 is 9.72 Å². The molecule has 0 saturated carbocycles. The smallest absolute Gasteiger partial charge is 0.138 e. The first-order valence-corrected chi connectivity index (χ1v) is 4.90. The van der Waals surface area contributed by atoms with Gasteiger partial charge >= 0.3 is 0 Å². The first-order chi connectivity index (χ1) is 7.29. The number of benzene rings is 1. The van der Waals surface area contributed by atoms with Crippen LogP contribution in [0.2, 0.25) is 0 Å². The van der Waals surface area contributed by atoms with Gasteiger partial charge in [0.1, 0.15) is 16.2 Å². The Morgan fingerprint density at radius 2 is 2.20 bits per heavy atom. The van der Waals surface area contributed by atoms with Crippen LogP contribution in [0.3, 0.4) is 0 Å². The zero-order valence-corrected chi connectivity index (χ0v) is 9.04. The number of hydrogen-bond donors (Lipinski definition) is 1. The molecule has 76 valence electrons. The van der Waals surface area contributed by atoms with E-state index in [0.29, 0.717) is 4.64 Å². The van der Waals surface area contributed by atoms with Crippen molar-refractivity contribution < 1.29 is 4.74 Å². The number of rotatable bonds is 2. The van der Waals surface area contributed by atoms with E-state index in [1.807, 2.05) is 24.3 Å². The van der Waals surface area contributed by atoms with E-state index < -0.39 is 0 Å². The fraction of sp³-hybridized carbons (Fsp3) is 0.0909. The molecule has 1 heterocycles. The lowest BCUT2D eigenvalue weighted by molar-refractivity contribution is 0.415. The highest BCUT2D eigenvalue weighted by Crippen LogP contribution is 2.19. The van der Waals surface area contributed by atoms with Gasteiger partial charge in [0.25, 0.3) is 0 Å². The quantitative estimate of drug-likeness (QED) is 0.788. The summed E-state index contributed by atoms with van der Waals surface area (Å²) in [5, 5.41) is 0. The van der Waals surface area contributed by atoms with E-state index >= 15 is 0 Å². The predicted octanol–water partition coefficient (Wildman–Crippen LogP) is 2.81. The van der Waals surface area contributed by atoms with Crippen LogP contribution >= 0.6 is 12.2 Å². The van der Waals surface area contributed by atoms with Gasteiger partial charge in [0.15, 0.2) is 0 Å². The number of aromatic amines is 1. The number of H-pyrrole nitrogens is 1. The Kier molecular flexibility index (Phi) is 2.78. The van der Waals surface area contributed by atoms with Gasteiger partial charge in [-0.15, -0.1) is 0 Å². The first-order valence-electron chi connectivity index (χ1n) is 4.49. The second-order valence-corrected chi connectivity index (χ2v) is 3.45. The zero-order valence-electron chi connectivity index (χ0n) is 8.23. The van der Waals surface area contributed by atoms with Gasteiger partial charge in [-0.25, -0.2) is 4.98 Å². The van der Waals surface area contributed by atoms with Gasteiger partial charge in [-0.3, -0.25) is 0 Å². The van der Waals surface area contributed by atoms with Gasteiger partial charge in [-0.05, 0) is 18.2 Å². The highest BCUT2D eigenvalue weighted by molar-refractivity contribution is 7.71. The van der Waals surface area contributed by atoms with E-state index in [-0.39, 0.29) is 0 Å². The molecule has 2 aromatic rings. The predicted molar refractivity (Wildman–Crippen MR) is 61.4 cm³/mol. The number of aromatic nitrogens is 2. The summed E-state index contributed by atoms with van der Waals surface area (Å²) in [6.45, 7) is 0. The Hall–Kier alpha value is -1.68. The molecule has 0 radical (unpaired) electrons. The Bertz CT molecular complexity index is 522. The SMILES string of the molecule is COc1cccc(-c2nccc(=S)[nH]2)c1. The third-order valence-corrected chi connectivity index (χ3v) is 2.25. The maximum atomic E-state index is 5.14. The van der Waals surface area contributed by atoms with E-state index in [9.17, 15) is 0 Å². The normalized spacial score (nSPS) is 9.93. The lowest BCUT2D eigenvalue weighted by atomic mass is 10.2.